The van der Waals surface area contributed by atoms with Gasteiger partial charge in [-0.3, -0.25) is 0 Å². The van der Waals surface area contributed by atoms with E-state index in [1.807, 2.05) is 18.2 Å². The monoisotopic (exact) mass is 224 g/mol. The summed E-state index contributed by atoms with van der Waals surface area (Å²) in [7, 11) is 0. The molecule has 14 heavy (non-hydrogen) atoms. The fourth-order valence-electron chi connectivity index (χ4n) is 1.58. The summed E-state index contributed by atoms with van der Waals surface area (Å²) >= 11 is 8.80. The number of rotatable bonds is 1. The fourth-order valence-corrected chi connectivity index (χ4v) is 2.11. The first-order chi connectivity index (χ1) is 6.79. The number of thiol groups is 2. The van der Waals surface area contributed by atoms with E-state index in [0.717, 1.165) is 23.0 Å². The van der Waals surface area contributed by atoms with Gasteiger partial charge in [0.15, 0.2) is 0 Å². The summed E-state index contributed by atoms with van der Waals surface area (Å²) in [6, 6.07) is 6.02. The van der Waals surface area contributed by atoms with Gasteiger partial charge in [0.05, 0.1) is 13.2 Å². The topological polar surface area (TPSA) is 9.23 Å². The first-order valence-corrected chi connectivity index (χ1v) is 5.43. The molecule has 74 valence electrons. The van der Waals surface area contributed by atoms with Crippen molar-refractivity contribution in [3.63, 3.8) is 0 Å². The van der Waals surface area contributed by atoms with E-state index in [1.165, 1.54) is 5.56 Å². The first kappa shape index (κ1) is 10.1. The van der Waals surface area contributed by atoms with Gasteiger partial charge in [-0.05, 0) is 11.6 Å². The molecule has 0 amide bonds. The van der Waals surface area contributed by atoms with Crippen LogP contribution in [0, 0.1) is 0 Å². The van der Waals surface area contributed by atoms with Gasteiger partial charge in [0.1, 0.15) is 0 Å². The van der Waals surface area contributed by atoms with Crippen LogP contribution in [0.25, 0.3) is 0 Å². The van der Waals surface area contributed by atoms with Gasteiger partial charge in [-0.2, -0.15) is 0 Å². The molecule has 0 radical (unpaired) electrons. The summed E-state index contributed by atoms with van der Waals surface area (Å²) < 4.78 is 5.39. The average Bonchev–Trinajstić information content (AvgIpc) is 2.23. The van der Waals surface area contributed by atoms with Gasteiger partial charge in [-0.15, -0.1) is 25.3 Å². The number of hydrogen-bond acceptors (Lipinski definition) is 3. The Kier molecular flexibility index (Phi) is 3.21. The molecule has 3 heteroatoms. The van der Waals surface area contributed by atoms with E-state index in [4.69, 9.17) is 4.74 Å². The lowest BCUT2D eigenvalue weighted by molar-refractivity contribution is 0.145. The molecule has 0 bridgehead atoms. The van der Waals surface area contributed by atoms with Gasteiger partial charge in [0.25, 0.3) is 0 Å². The molecule has 1 aliphatic heterocycles. The van der Waals surface area contributed by atoms with E-state index in [1.54, 1.807) is 0 Å². The molecule has 0 spiro atoms. The molecule has 1 aromatic rings. The molecule has 0 aromatic heterocycles. The average molecular weight is 224 g/mol. The summed E-state index contributed by atoms with van der Waals surface area (Å²) in [5, 5.41) is 0. The maximum atomic E-state index is 5.39. The molecule has 1 heterocycles. The molecule has 2 rings (SSSR count). The number of hydrogen-bond donors (Lipinski definition) is 2. The minimum atomic E-state index is 0.323. The molecule has 0 aliphatic carbocycles. The van der Waals surface area contributed by atoms with Crippen molar-refractivity contribution in [1.29, 1.82) is 0 Å². The summed E-state index contributed by atoms with van der Waals surface area (Å²) in [5.74, 6) is 0.323. The van der Waals surface area contributed by atoms with E-state index < -0.39 is 0 Å². The van der Waals surface area contributed by atoms with Crippen LogP contribution >= 0.6 is 25.3 Å². The van der Waals surface area contributed by atoms with Crippen molar-refractivity contribution in [2.75, 3.05) is 13.2 Å². The third kappa shape index (κ3) is 2.00. The molecule has 1 aromatic carbocycles. The molecular formula is C11H12OS2. The lowest BCUT2D eigenvalue weighted by Crippen LogP contribution is -2.11. The smallest absolute Gasteiger partial charge is 0.0648 e. The van der Waals surface area contributed by atoms with Crippen molar-refractivity contribution in [2.24, 2.45) is 0 Å². The van der Waals surface area contributed by atoms with Crippen LogP contribution in [0.3, 0.4) is 0 Å². The van der Waals surface area contributed by atoms with E-state index in [-0.39, 0.29) is 0 Å². The van der Waals surface area contributed by atoms with Crippen molar-refractivity contribution < 1.29 is 4.74 Å². The summed E-state index contributed by atoms with van der Waals surface area (Å²) in [4.78, 5) is 1.88. The Morgan fingerprint density at radius 2 is 2.14 bits per heavy atom. The van der Waals surface area contributed by atoms with Crippen LogP contribution in [0.5, 0.6) is 0 Å². The maximum absolute atomic E-state index is 5.39. The zero-order valence-corrected chi connectivity index (χ0v) is 9.47. The molecule has 0 fully saturated rings. The molecule has 0 N–H and O–H groups in total. The van der Waals surface area contributed by atoms with Crippen molar-refractivity contribution in [2.45, 2.75) is 15.7 Å². The van der Waals surface area contributed by atoms with E-state index in [0.29, 0.717) is 5.92 Å². The van der Waals surface area contributed by atoms with Gasteiger partial charge >= 0.3 is 0 Å². The maximum Gasteiger partial charge on any atom is 0.0648 e. The second-order valence-corrected chi connectivity index (χ2v) is 4.22. The fraction of sp³-hybridized carbons (Fsp3) is 0.273. The van der Waals surface area contributed by atoms with Crippen LogP contribution in [0.1, 0.15) is 11.5 Å². The Hall–Kier alpha value is -0.380. The lowest BCUT2D eigenvalue weighted by Gasteiger charge is -2.19. The molecule has 0 saturated carbocycles. The van der Waals surface area contributed by atoms with Crippen molar-refractivity contribution in [3.8, 4) is 0 Å². The highest BCUT2D eigenvalue weighted by atomic mass is 32.1. The second kappa shape index (κ2) is 4.43. The Bertz CT molecular complexity index is 360. The minimum Gasteiger partial charge on any atom is -0.376 e. The van der Waals surface area contributed by atoms with E-state index in [9.17, 15) is 0 Å². The molecule has 1 atom stereocenters. The second-order valence-electron chi connectivity index (χ2n) is 3.29. The third-order valence-electron chi connectivity index (χ3n) is 2.33. The van der Waals surface area contributed by atoms with Crippen LogP contribution in [0.2, 0.25) is 0 Å². The summed E-state index contributed by atoms with van der Waals surface area (Å²) in [6.45, 7) is 1.46. The van der Waals surface area contributed by atoms with Crippen molar-refractivity contribution in [1.82, 2.24) is 0 Å². The summed E-state index contributed by atoms with van der Waals surface area (Å²) in [5.41, 5.74) is 1.19. The van der Waals surface area contributed by atoms with Gasteiger partial charge in [0, 0.05) is 15.7 Å². The Morgan fingerprint density at radius 1 is 1.29 bits per heavy atom. The van der Waals surface area contributed by atoms with Crippen molar-refractivity contribution in [3.05, 3.63) is 35.9 Å². The SMILES string of the molecule is Sc1cccc(C2C=CCOC2)c1S. The van der Waals surface area contributed by atoms with Crippen LogP contribution < -0.4 is 0 Å². The van der Waals surface area contributed by atoms with Gasteiger partial charge in [-0.25, -0.2) is 0 Å². The largest absolute Gasteiger partial charge is 0.376 e. The predicted octanol–water partition coefficient (Wildman–Crippen LogP) is 2.93. The molecule has 1 unspecified atom stereocenters. The molecule has 1 aliphatic rings. The molecule has 1 nitrogen and oxygen atoms in total. The molecular weight excluding hydrogens is 212 g/mol. The Labute approximate surface area is 95.0 Å². The zero-order valence-electron chi connectivity index (χ0n) is 7.68. The van der Waals surface area contributed by atoms with E-state index >= 15 is 0 Å². The molecule has 0 saturated heterocycles. The first-order valence-electron chi connectivity index (χ1n) is 4.54. The predicted molar refractivity (Wildman–Crippen MR) is 63.6 cm³/mol. The zero-order chi connectivity index (χ0) is 9.97. The van der Waals surface area contributed by atoms with Gasteiger partial charge < -0.3 is 4.74 Å². The number of ether oxygens (including phenoxy) is 1. The summed E-state index contributed by atoms with van der Waals surface area (Å²) in [6.07, 6.45) is 4.22. The van der Waals surface area contributed by atoms with Gasteiger partial charge in [-0.1, -0.05) is 24.3 Å². The van der Waals surface area contributed by atoms with E-state index in [2.05, 4.69) is 37.4 Å². The lowest BCUT2D eigenvalue weighted by atomic mass is 9.98. The standard InChI is InChI=1S/C11H12OS2/c13-10-5-1-4-9(11(10)14)8-3-2-6-12-7-8/h1-5,8,13-14H,6-7H2. The minimum absolute atomic E-state index is 0.323. The van der Waals surface area contributed by atoms with Gasteiger partial charge in [0.2, 0.25) is 0 Å². The highest BCUT2D eigenvalue weighted by Crippen LogP contribution is 2.30. The van der Waals surface area contributed by atoms with Crippen LogP contribution in [0.4, 0.5) is 0 Å². The Balaban J connectivity index is 2.35. The number of benzene rings is 1. The highest BCUT2D eigenvalue weighted by Gasteiger charge is 2.14. The quantitative estimate of drug-likeness (QED) is 0.551. The third-order valence-corrected chi connectivity index (χ3v) is 3.37. The van der Waals surface area contributed by atoms with Crippen LogP contribution in [-0.4, -0.2) is 13.2 Å². The normalized spacial score (nSPS) is 21.1. The van der Waals surface area contributed by atoms with Crippen molar-refractivity contribution >= 4 is 25.3 Å². The van der Waals surface area contributed by atoms with Crippen LogP contribution in [-0.2, 0) is 4.74 Å². The Morgan fingerprint density at radius 3 is 2.86 bits per heavy atom. The highest BCUT2D eigenvalue weighted by molar-refractivity contribution is 7.83. The van der Waals surface area contributed by atoms with Crippen LogP contribution in [0.15, 0.2) is 40.1 Å².